The molecule has 0 N–H and O–H groups in total. The van der Waals surface area contributed by atoms with Gasteiger partial charge in [0.05, 0.1) is 0 Å². The van der Waals surface area contributed by atoms with Crippen LogP contribution in [-0.4, -0.2) is 6.88 Å². The van der Waals surface area contributed by atoms with Crippen molar-refractivity contribution in [2.75, 3.05) is 0 Å². The quantitative estimate of drug-likeness (QED) is 0.110. The topological polar surface area (TPSA) is 0 Å². The molecule has 0 heterocycles. The van der Waals surface area contributed by atoms with E-state index in [0.717, 1.165) is 12.8 Å². The van der Waals surface area contributed by atoms with E-state index in [1.807, 2.05) is 55.4 Å². The van der Waals surface area contributed by atoms with Gasteiger partial charge in [-0.25, -0.2) is 12.2 Å². The van der Waals surface area contributed by atoms with Crippen LogP contribution in [-0.2, 0) is 40.6 Å². The van der Waals surface area contributed by atoms with Gasteiger partial charge in [0, 0.05) is 0 Å². The normalized spacial score (nSPS) is 11.5. The summed E-state index contributed by atoms with van der Waals surface area (Å²) < 4.78 is 0. The first-order valence-electron chi connectivity index (χ1n) is 14.6. The zero-order valence-corrected chi connectivity index (χ0v) is 33.2. The first-order valence-corrected chi connectivity index (χ1v) is 20.5. The van der Waals surface area contributed by atoms with Crippen molar-refractivity contribution in [3.05, 3.63) is 155 Å². The van der Waals surface area contributed by atoms with Crippen LogP contribution in [0, 0.1) is 38.1 Å². The van der Waals surface area contributed by atoms with Crippen LogP contribution in [0.2, 0.25) is 0 Å². The number of hydrogen-bond acceptors (Lipinski definition) is 0. The maximum atomic E-state index is 3.67. The van der Waals surface area contributed by atoms with E-state index >= 15 is 0 Å². The van der Waals surface area contributed by atoms with Crippen molar-refractivity contribution in [1.82, 2.24) is 0 Å². The van der Waals surface area contributed by atoms with Crippen LogP contribution in [0.1, 0.15) is 81.3 Å². The molecule has 0 spiro atoms. The van der Waals surface area contributed by atoms with Crippen molar-refractivity contribution in [3.8, 4) is 11.1 Å². The molecule has 0 atom stereocenters. The SMILES string of the molecule is CC(C)(C)c1[c-]c2c(cc1)-c1ccc(C(C)(C)C)cc1C2.Cc1c[c-]ccc1.Cc1c[c-]ccc1.Cl.Cl.[C-]1=CC=CC1.[SiH2]=[Zr]. The van der Waals surface area contributed by atoms with Gasteiger partial charge in [0.15, 0.2) is 0 Å². The van der Waals surface area contributed by atoms with Crippen molar-refractivity contribution in [2.24, 2.45) is 0 Å². The Morgan fingerprint density at radius 2 is 1.30 bits per heavy atom. The number of rotatable bonds is 0. The fourth-order valence-corrected chi connectivity index (χ4v) is 4.33. The standard InChI is InChI=1S/C21H25.2C7H7.C5H5.2ClH.H2Si.Zr/c1-20(2,3)16-7-9-18-14(12-16)11-15-13-17(21(4,5)6)8-10-19(15)18;2*1-7-5-3-2-4-6-7;1-2-4-5-3-1;;;;/h7-10,12H,11H2,1-6H3;2*2-3,5-6H,1H3;1-3H,4H2;2*1H;1H2;/q4*-1;;;;. The van der Waals surface area contributed by atoms with Crippen LogP contribution in [0.4, 0.5) is 0 Å². The Kier molecular flexibility index (Phi) is 20.0. The third-order valence-electron chi connectivity index (χ3n) is 6.78. The second-order valence-electron chi connectivity index (χ2n) is 12.5. The van der Waals surface area contributed by atoms with Gasteiger partial charge in [0.25, 0.3) is 0 Å². The first kappa shape index (κ1) is 42.0. The summed E-state index contributed by atoms with van der Waals surface area (Å²) in [7, 11) is 0. The van der Waals surface area contributed by atoms with Crippen molar-refractivity contribution in [2.45, 2.75) is 79.1 Å². The zero-order valence-electron chi connectivity index (χ0n) is 27.7. The summed E-state index contributed by atoms with van der Waals surface area (Å²) in [6.07, 6.45) is 11.0. The molecular formula is C40H48Cl2SiZr-4. The van der Waals surface area contributed by atoms with Crippen molar-refractivity contribution in [3.63, 3.8) is 0 Å². The van der Waals surface area contributed by atoms with Gasteiger partial charge in [-0.05, 0) is 28.4 Å². The Morgan fingerprint density at radius 3 is 1.66 bits per heavy atom. The molecule has 2 aliphatic carbocycles. The Labute approximate surface area is 297 Å². The van der Waals surface area contributed by atoms with Gasteiger partial charge in [-0.3, -0.25) is 6.08 Å². The fraction of sp³-hybridized carbons (Fsp3) is 0.300. The van der Waals surface area contributed by atoms with Gasteiger partial charge in [-0.1, -0.05) is 79.2 Å². The predicted molar refractivity (Wildman–Crippen MR) is 196 cm³/mol. The summed E-state index contributed by atoms with van der Waals surface area (Å²) in [5, 5.41) is 0. The third kappa shape index (κ3) is 14.4. The van der Waals surface area contributed by atoms with Gasteiger partial charge in [0.1, 0.15) is 0 Å². The molecule has 0 nitrogen and oxygen atoms in total. The van der Waals surface area contributed by atoms with E-state index < -0.39 is 0 Å². The van der Waals surface area contributed by atoms with E-state index in [4.69, 9.17) is 0 Å². The van der Waals surface area contributed by atoms with Crippen LogP contribution in [0.5, 0.6) is 0 Å². The molecule has 0 unspecified atom stereocenters. The first-order chi connectivity index (χ1) is 19.9. The van der Waals surface area contributed by atoms with E-state index in [1.165, 1.54) is 44.5 Å². The number of hydrogen-bond donors (Lipinski definition) is 0. The van der Waals surface area contributed by atoms with Gasteiger partial charge in [0.2, 0.25) is 0 Å². The summed E-state index contributed by atoms with van der Waals surface area (Å²) in [5.74, 6) is 0. The third-order valence-corrected chi connectivity index (χ3v) is 6.78. The molecule has 0 amide bonds. The molecular weight excluding hydrogens is 671 g/mol. The average Bonchev–Trinajstić information content (AvgIpc) is 3.66. The Morgan fingerprint density at radius 1 is 0.727 bits per heavy atom. The number of benzene rings is 4. The van der Waals surface area contributed by atoms with Crippen molar-refractivity contribution >= 4 is 31.7 Å². The van der Waals surface area contributed by atoms with Crippen LogP contribution >= 0.6 is 24.8 Å². The molecule has 0 saturated heterocycles. The molecule has 4 aromatic rings. The molecule has 0 bridgehead atoms. The molecule has 4 heteroatoms. The van der Waals surface area contributed by atoms with E-state index in [-0.39, 0.29) is 35.6 Å². The summed E-state index contributed by atoms with van der Waals surface area (Å²) >= 11 is 1.58. The number of fused-ring (bicyclic) bond motifs is 3. The Balaban J connectivity index is 0.000000658. The molecule has 234 valence electrons. The van der Waals surface area contributed by atoms with E-state index in [1.54, 1.807) is 23.3 Å². The summed E-state index contributed by atoms with van der Waals surface area (Å²) in [6.45, 7) is 19.7. The van der Waals surface area contributed by atoms with Crippen molar-refractivity contribution in [1.29, 1.82) is 0 Å². The predicted octanol–water partition coefficient (Wildman–Crippen LogP) is 10.5. The van der Waals surface area contributed by atoms with Gasteiger partial charge >= 0.3 is 30.2 Å². The number of halogens is 2. The van der Waals surface area contributed by atoms with Gasteiger partial charge < -0.3 is 0 Å². The maximum absolute atomic E-state index is 3.67. The molecule has 6 rings (SSSR count). The number of aryl methyl sites for hydroxylation is 2. The van der Waals surface area contributed by atoms with E-state index in [0.29, 0.717) is 0 Å². The molecule has 2 aliphatic rings. The zero-order chi connectivity index (χ0) is 31.2. The van der Waals surface area contributed by atoms with Crippen LogP contribution in [0.3, 0.4) is 0 Å². The second-order valence-corrected chi connectivity index (χ2v) is 12.5. The van der Waals surface area contributed by atoms with Crippen LogP contribution in [0.15, 0.2) is 97.1 Å². The Bertz CT molecular complexity index is 1320. The fourth-order valence-electron chi connectivity index (χ4n) is 4.33. The average molecular weight is 719 g/mol. The Hall–Kier alpha value is -1.96. The van der Waals surface area contributed by atoms with Crippen LogP contribution < -0.4 is 0 Å². The summed E-state index contributed by atoms with van der Waals surface area (Å²) in [4.78, 5) is 0. The molecule has 0 fully saturated rings. The molecule has 0 radical (unpaired) electrons. The molecule has 4 aromatic carbocycles. The minimum absolute atomic E-state index is 0. The van der Waals surface area contributed by atoms with Crippen LogP contribution in [0.25, 0.3) is 11.1 Å². The monoisotopic (exact) mass is 716 g/mol. The number of allylic oxidation sites excluding steroid dienone is 4. The van der Waals surface area contributed by atoms with E-state index in [2.05, 4.69) is 128 Å². The summed E-state index contributed by atoms with van der Waals surface area (Å²) in [6, 6.07) is 36.9. The van der Waals surface area contributed by atoms with E-state index in [9.17, 15) is 0 Å². The molecule has 0 saturated carbocycles. The van der Waals surface area contributed by atoms with Crippen molar-refractivity contribution < 1.29 is 23.3 Å². The minimum atomic E-state index is 0. The molecule has 44 heavy (non-hydrogen) atoms. The molecule has 0 aromatic heterocycles. The van der Waals surface area contributed by atoms with Gasteiger partial charge in [-0.15, -0.1) is 42.4 Å². The van der Waals surface area contributed by atoms with Gasteiger partial charge in [-0.2, -0.15) is 102 Å². The second kappa shape index (κ2) is 21.0. The molecule has 0 aliphatic heterocycles. The summed E-state index contributed by atoms with van der Waals surface area (Å²) in [5.41, 5.74) is 11.2.